The molecule has 1 N–H and O–H groups in total. The van der Waals surface area contributed by atoms with Crippen LogP contribution in [0.25, 0.3) is 0 Å². The van der Waals surface area contributed by atoms with E-state index in [1.54, 1.807) is 30.3 Å². The Morgan fingerprint density at radius 1 is 0.963 bits per heavy atom. The zero-order valence-electron chi connectivity index (χ0n) is 14.6. The molecule has 0 aliphatic carbocycles. The third kappa shape index (κ3) is 5.02. The molecule has 0 aliphatic rings. The molecule has 0 bridgehead atoms. The van der Waals surface area contributed by atoms with Gasteiger partial charge < -0.3 is 9.47 Å². The molecule has 0 spiro atoms. The van der Waals surface area contributed by atoms with Gasteiger partial charge in [-0.15, -0.1) is 0 Å². The number of benzene rings is 3. The predicted octanol–water partition coefficient (Wildman–Crippen LogP) is 4.84. The molecule has 3 aromatic rings. The third-order valence-electron chi connectivity index (χ3n) is 3.79. The first-order chi connectivity index (χ1) is 13.0. The number of anilines is 1. The Kier molecular flexibility index (Phi) is 6.03. The van der Waals surface area contributed by atoms with Crippen molar-refractivity contribution in [2.75, 3.05) is 11.8 Å². The molecule has 5 nitrogen and oxygen atoms in total. The second-order valence-electron chi connectivity index (χ2n) is 5.70. The van der Waals surface area contributed by atoms with Gasteiger partial charge in [-0.1, -0.05) is 30.3 Å². The summed E-state index contributed by atoms with van der Waals surface area (Å²) in [5.41, 5.74) is 1.52. The molecule has 0 atom stereocenters. The van der Waals surface area contributed by atoms with Gasteiger partial charge >= 0.3 is 0 Å². The summed E-state index contributed by atoms with van der Waals surface area (Å²) in [6.07, 6.45) is 0. The maximum atomic E-state index is 12.5. The molecule has 0 fully saturated rings. The second-order valence-corrected chi connectivity index (χ2v) is 8.24. The van der Waals surface area contributed by atoms with Gasteiger partial charge in [0.15, 0.2) is 0 Å². The highest BCUT2D eigenvalue weighted by Crippen LogP contribution is 2.28. The first kappa shape index (κ1) is 19.3. The van der Waals surface area contributed by atoms with Crippen molar-refractivity contribution < 1.29 is 17.9 Å². The van der Waals surface area contributed by atoms with Crippen LogP contribution < -0.4 is 14.2 Å². The Bertz CT molecular complexity index is 1010. The van der Waals surface area contributed by atoms with E-state index < -0.39 is 10.0 Å². The normalized spacial score (nSPS) is 11.0. The van der Waals surface area contributed by atoms with E-state index in [0.29, 0.717) is 28.3 Å². The highest BCUT2D eigenvalue weighted by molar-refractivity contribution is 9.10. The smallest absolute Gasteiger partial charge is 0.261 e. The van der Waals surface area contributed by atoms with Crippen LogP contribution in [-0.4, -0.2) is 15.5 Å². The van der Waals surface area contributed by atoms with Crippen molar-refractivity contribution in [2.45, 2.75) is 11.5 Å². The van der Waals surface area contributed by atoms with Crippen LogP contribution >= 0.6 is 15.9 Å². The molecule has 0 unspecified atom stereocenters. The number of halogens is 1. The lowest BCUT2D eigenvalue weighted by Crippen LogP contribution is -2.13. The molecule has 0 heterocycles. The number of sulfonamides is 1. The minimum atomic E-state index is -3.71. The van der Waals surface area contributed by atoms with Crippen LogP contribution in [0, 0.1) is 0 Å². The zero-order valence-corrected chi connectivity index (χ0v) is 17.0. The van der Waals surface area contributed by atoms with E-state index in [4.69, 9.17) is 9.47 Å². The van der Waals surface area contributed by atoms with E-state index >= 15 is 0 Å². The van der Waals surface area contributed by atoms with Crippen LogP contribution in [0.3, 0.4) is 0 Å². The first-order valence-corrected chi connectivity index (χ1v) is 10.4. The van der Waals surface area contributed by atoms with E-state index in [1.807, 2.05) is 30.3 Å². The van der Waals surface area contributed by atoms with E-state index in [-0.39, 0.29) is 4.90 Å². The molecule has 140 valence electrons. The maximum Gasteiger partial charge on any atom is 0.261 e. The Hall–Kier alpha value is -2.51. The molecule has 0 amide bonds. The first-order valence-electron chi connectivity index (χ1n) is 8.11. The van der Waals surface area contributed by atoms with Crippen LogP contribution in [0.15, 0.2) is 82.2 Å². The van der Waals surface area contributed by atoms with E-state index in [0.717, 1.165) is 5.56 Å². The minimum absolute atomic E-state index is 0.138. The maximum absolute atomic E-state index is 12.5. The number of hydrogen-bond acceptors (Lipinski definition) is 4. The number of nitrogens with one attached hydrogen (secondary N) is 1. The van der Waals surface area contributed by atoms with Gasteiger partial charge in [0.25, 0.3) is 10.0 Å². The molecule has 3 aromatic carbocycles. The van der Waals surface area contributed by atoms with Gasteiger partial charge in [-0.3, -0.25) is 4.72 Å². The van der Waals surface area contributed by atoms with Crippen molar-refractivity contribution in [2.24, 2.45) is 0 Å². The predicted molar refractivity (Wildman–Crippen MR) is 109 cm³/mol. The van der Waals surface area contributed by atoms with Crippen molar-refractivity contribution in [1.82, 2.24) is 0 Å². The lowest BCUT2D eigenvalue weighted by atomic mass is 10.2. The van der Waals surface area contributed by atoms with Crippen molar-refractivity contribution in [1.29, 1.82) is 0 Å². The molecule has 0 saturated heterocycles. The topological polar surface area (TPSA) is 64.6 Å². The van der Waals surface area contributed by atoms with Crippen molar-refractivity contribution >= 4 is 31.6 Å². The lowest BCUT2D eigenvalue weighted by molar-refractivity contribution is 0.306. The van der Waals surface area contributed by atoms with Crippen LogP contribution in [0.1, 0.15) is 5.56 Å². The molecule has 7 heteroatoms. The summed E-state index contributed by atoms with van der Waals surface area (Å²) in [6.45, 7) is 0.450. The minimum Gasteiger partial charge on any atom is -0.496 e. The average molecular weight is 448 g/mol. The Labute approximate surface area is 167 Å². The fourth-order valence-electron chi connectivity index (χ4n) is 2.39. The van der Waals surface area contributed by atoms with E-state index in [1.165, 1.54) is 19.2 Å². The third-order valence-corrected chi connectivity index (χ3v) is 5.79. The lowest BCUT2D eigenvalue weighted by Gasteiger charge is -2.11. The van der Waals surface area contributed by atoms with Gasteiger partial charge in [0.2, 0.25) is 0 Å². The zero-order chi connectivity index (χ0) is 19.3. The molecule has 0 aliphatic heterocycles. The highest BCUT2D eigenvalue weighted by atomic mass is 79.9. The molecule has 0 saturated carbocycles. The van der Waals surface area contributed by atoms with Crippen LogP contribution in [0.2, 0.25) is 0 Å². The Balaban J connectivity index is 1.67. The molecule has 27 heavy (non-hydrogen) atoms. The monoisotopic (exact) mass is 447 g/mol. The van der Waals surface area contributed by atoms with Crippen molar-refractivity contribution in [3.63, 3.8) is 0 Å². The van der Waals surface area contributed by atoms with E-state index in [2.05, 4.69) is 20.7 Å². The van der Waals surface area contributed by atoms with Gasteiger partial charge in [0, 0.05) is 5.69 Å². The van der Waals surface area contributed by atoms with Crippen LogP contribution in [0.5, 0.6) is 11.5 Å². The fraction of sp³-hybridized carbons (Fsp3) is 0.100. The van der Waals surface area contributed by atoms with Crippen molar-refractivity contribution in [3.05, 3.63) is 82.8 Å². The molecule has 3 rings (SSSR count). The van der Waals surface area contributed by atoms with Crippen LogP contribution in [-0.2, 0) is 16.6 Å². The van der Waals surface area contributed by atoms with Crippen LogP contribution in [0.4, 0.5) is 5.69 Å². The SMILES string of the molecule is COc1ccc(S(=O)(=O)Nc2ccc(OCc3ccccc3)cc2)cc1Br. The summed E-state index contributed by atoms with van der Waals surface area (Å²) >= 11 is 3.30. The van der Waals surface area contributed by atoms with Gasteiger partial charge in [-0.05, 0) is 64.0 Å². The highest BCUT2D eigenvalue weighted by Gasteiger charge is 2.16. The fourth-order valence-corrected chi connectivity index (χ4v) is 4.17. The molecular formula is C20H18BrNO4S. The van der Waals surface area contributed by atoms with Crippen molar-refractivity contribution in [3.8, 4) is 11.5 Å². The standard InChI is InChI=1S/C20H18BrNO4S/c1-25-20-12-11-18(13-19(20)21)27(23,24)22-16-7-9-17(10-8-16)26-14-15-5-3-2-4-6-15/h2-13,22H,14H2,1H3. The Morgan fingerprint density at radius 3 is 2.30 bits per heavy atom. The summed E-state index contributed by atoms with van der Waals surface area (Å²) in [4.78, 5) is 0.138. The van der Waals surface area contributed by atoms with E-state index in [9.17, 15) is 8.42 Å². The summed E-state index contributed by atoms with van der Waals surface area (Å²) in [5, 5.41) is 0. The summed E-state index contributed by atoms with van der Waals surface area (Å²) in [7, 11) is -2.18. The summed E-state index contributed by atoms with van der Waals surface area (Å²) < 4.78 is 39.0. The number of hydrogen-bond donors (Lipinski definition) is 1. The Morgan fingerprint density at radius 2 is 1.67 bits per heavy atom. The molecular weight excluding hydrogens is 430 g/mol. The van der Waals surface area contributed by atoms with Gasteiger partial charge in [-0.2, -0.15) is 0 Å². The average Bonchev–Trinajstić information content (AvgIpc) is 2.68. The largest absolute Gasteiger partial charge is 0.496 e. The quantitative estimate of drug-likeness (QED) is 0.562. The second kappa shape index (κ2) is 8.45. The molecule has 0 aromatic heterocycles. The van der Waals surface area contributed by atoms with Gasteiger partial charge in [0.05, 0.1) is 16.5 Å². The summed E-state index contributed by atoms with van der Waals surface area (Å²) in [6, 6.07) is 21.2. The number of ether oxygens (including phenoxy) is 2. The van der Waals surface area contributed by atoms with Gasteiger partial charge in [-0.25, -0.2) is 8.42 Å². The number of methoxy groups -OCH3 is 1. The van der Waals surface area contributed by atoms with Gasteiger partial charge in [0.1, 0.15) is 18.1 Å². The number of rotatable bonds is 7. The molecule has 0 radical (unpaired) electrons. The summed E-state index contributed by atoms with van der Waals surface area (Å²) in [5.74, 6) is 1.22.